The van der Waals surface area contributed by atoms with Crippen molar-refractivity contribution in [3.63, 3.8) is 0 Å². The van der Waals surface area contributed by atoms with Gasteiger partial charge in [-0.05, 0) is 27.2 Å². The summed E-state index contributed by atoms with van der Waals surface area (Å²) in [6.07, 6.45) is -0.0471. The van der Waals surface area contributed by atoms with Gasteiger partial charge in [-0.1, -0.05) is 0 Å². The lowest BCUT2D eigenvalue weighted by Crippen LogP contribution is -2.56. The van der Waals surface area contributed by atoms with Crippen molar-refractivity contribution < 1.29 is 24.3 Å². The van der Waals surface area contributed by atoms with Gasteiger partial charge in [0.2, 0.25) is 0 Å². The number of Topliss-reactive ketones (excluding diaryl/α,β-unsaturated/α-hetero) is 1. The van der Waals surface area contributed by atoms with Crippen molar-refractivity contribution >= 4 is 17.8 Å². The predicted molar refractivity (Wildman–Crippen MR) is 60.9 cm³/mol. The van der Waals surface area contributed by atoms with E-state index in [1.165, 1.54) is 5.48 Å². The van der Waals surface area contributed by atoms with Crippen LogP contribution in [0.3, 0.4) is 0 Å². The zero-order valence-corrected chi connectivity index (χ0v) is 10.7. The van der Waals surface area contributed by atoms with Gasteiger partial charge >= 0.3 is 6.09 Å². The number of piperidine rings is 1. The Labute approximate surface area is 105 Å². The summed E-state index contributed by atoms with van der Waals surface area (Å²) in [7, 11) is 0. The van der Waals surface area contributed by atoms with Crippen LogP contribution < -0.4 is 5.48 Å². The Hall–Kier alpha value is -1.63. The Kier molecular flexibility index (Phi) is 4.28. The van der Waals surface area contributed by atoms with Crippen LogP contribution in [-0.4, -0.2) is 46.1 Å². The van der Waals surface area contributed by atoms with Gasteiger partial charge in [0, 0.05) is 13.0 Å². The quantitative estimate of drug-likeness (QED) is 0.404. The summed E-state index contributed by atoms with van der Waals surface area (Å²) in [5, 5.41) is 8.61. The lowest BCUT2D eigenvalue weighted by Gasteiger charge is -2.34. The van der Waals surface area contributed by atoms with Crippen molar-refractivity contribution in [2.75, 3.05) is 6.54 Å². The predicted octanol–water partition coefficient (Wildman–Crippen LogP) is 0.460. The first-order chi connectivity index (χ1) is 8.26. The number of hydrogen-bond acceptors (Lipinski definition) is 5. The Bertz CT molecular complexity index is 353. The number of likely N-dealkylation sites (tertiary alicyclic amines) is 1. The molecule has 2 N–H and O–H groups in total. The van der Waals surface area contributed by atoms with Gasteiger partial charge in [-0.2, -0.15) is 0 Å². The van der Waals surface area contributed by atoms with Gasteiger partial charge in [0.15, 0.2) is 11.8 Å². The summed E-state index contributed by atoms with van der Waals surface area (Å²) in [5.74, 6) is -1.32. The molecular formula is C11H18N2O5. The maximum Gasteiger partial charge on any atom is 0.411 e. The number of hydrogen-bond donors (Lipinski definition) is 2. The number of hydroxylamine groups is 1. The number of carbonyl (C=O) groups excluding carboxylic acids is 3. The Morgan fingerprint density at radius 2 is 2.06 bits per heavy atom. The standard InChI is InChI=1S/C11H18N2O5/c1-11(2,3)18-10(16)13-6-4-5-7(14)8(13)9(15)12-17/h8,17H,4-6H2,1-3H3,(H,12,15). The summed E-state index contributed by atoms with van der Waals surface area (Å²) >= 11 is 0. The zero-order chi connectivity index (χ0) is 13.9. The van der Waals surface area contributed by atoms with E-state index in [1.54, 1.807) is 20.8 Å². The normalized spacial score (nSPS) is 20.6. The molecule has 1 saturated heterocycles. The van der Waals surface area contributed by atoms with Crippen LogP contribution in [0, 0.1) is 0 Å². The topological polar surface area (TPSA) is 95.9 Å². The Morgan fingerprint density at radius 1 is 1.44 bits per heavy atom. The molecule has 0 aromatic carbocycles. The molecule has 1 aliphatic rings. The summed E-state index contributed by atoms with van der Waals surface area (Å²) in [4.78, 5) is 36.0. The highest BCUT2D eigenvalue weighted by Gasteiger charge is 2.40. The van der Waals surface area contributed by atoms with Crippen molar-refractivity contribution in [3.8, 4) is 0 Å². The molecule has 1 fully saturated rings. The van der Waals surface area contributed by atoms with Crippen molar-refractivity contribution in [2.45, 2.75) is 45.3 Å². The molecule has 18 heavy (non-hydrogen) atoms. The molecule has 0 saturated carbocycles. The van der Waals surface area contributed by atoms with E-state index in [0.717, 1.165) is 4.90 Å². The highest BCUT2D eigenvalue weighted by atomic mass is 16.6. The number of ether oxygens (including phenoxy) is 1. The van der Waals surface area contributed by atoms with Crippen LogP contribution in [-0.2, 0) is 14.3 Å². The second-order valence-corrected chi connectivity index (χ2v) is 5.12. The molecule has 1 aliphatic heterocycles. The number of nitrogens with zero attached hydrogens (tertiary/aromatic N) is 1. The lowest BCUT2D eigenvalue weighted by molar-refractivity contribution is -0.143. The molecule has 0 radical (unpaired) electrons. The van der Waals surface area contributed by atoms with Crippen molar-refractivity contribution in [1.82, 2.24) is 10.4 Å². The number of ketones is 1. The van der Waals surface area contributed by atoms with E-state index in [-0.39, 0.29) is 13.0 Å². The molecule has 1 heterocycles. The second kappa shape index (κ2) is 5.34. The molecule has 1 unspecified atom stereocenters. The highest BCUT2D eigenvalue weighted by Crippen LogP contribution is 2.18. The number of nitrogens with one attached hydrogen (secondary N) is 1. The zero-order valence-electron chi connectivity index (χ0n) is 10.7. The summed E-state index contributed by atoms with van der Waals surface area (Å²) < 4.78 is 5.12. The first kappa shape index (κ1) is 14.4. The van der Waals surface area contributed by atoms with Crippen LogP contribution in [0.2, 0.25) is 0 Å². The minimum atomic E-state index is -1.31. The lowest BCUT2D eigenvalue weighted by atomic mass is 10.0. The summed E-state index contributed by atoms with van der Waals surface area (Å²) in [5.41, 5.74) is 0.693. The van der Waals surface area contributed by atoms with Gasteiger partial charge in [0.1, 0.15) is 5.60 Å². The van der Waals surface area contributed by atoms with Crippen LogP contribution in [0.25, 0.3) is 0 Å². The smallest absolute Gasteiger partial charge is 0.411 e. The number of carbonyl (C=O) groups is 3. The fraction of sp³-hybridized carbons (Fsp3) is 0.727. The third-order valence-electron chi connectivity index (χ3n) is 2.43. The average Bonchev–Trinajstić information content (AvgIpc) is 2.25. The summed E-state index contributed by atoms with van der Waals surface area (Å²) in [6.45, 7) is 5.33. The molecule has 2 amide bonds. The Balaban J connectivity index is 2.86. The molecule has 1 atom stereocenters. The van der Waals surface area contributed by atoms with E-state index < -0.39 is 29.4 Å². The molecule has 0 aliphatic carbocycles. The van der Waals surface area contributed by atoms with E-state index in [0.29, 0.717) is 6.42 Å². The minimum Gasteiger partial charge on any atom is -0.444 e. The van der Waals surface area contributed by atoms with Crippen LogP contribution in [0.1, 0.15) is 33.6 Å². The van der Waals surface area contributed by atoms with E-state index >= 15 is 0 Å². The third-order valence-corrected chi connectivity index (χ3v) is 2.43. The van der Waals surface area contributed by atoms with E-state index in [2.05, 4.69) is 0 Å². The van der Waals surface area contributed by atoms with Gasteiger partial charge in [0.25, 0.3) is 5.91 Å². The van der Waals surface area contributed by atoms with Gasteiger partial charge < -0.3 is 4.74 Å². The van der Waals surface area contributed by atoms with Gasteiger partial charge in [0.05, 0.1) is 0 Å². The molecule has 0 aromatic rings. The van der Waals surface area contributed by atoms with Crippen molar-refractivity contribution in [2.24, 2.45) is 0 Å². The van der Waals surface area contributed by atoms with E-state index in [1.807, 2.05) is 0 Å². The van der Waals surface area contributed by atoms with Gasteiger partial charge in [-0.3, -0.25) is 19.7 Å². The van der Waals surface area contributed by atoms with Crippen molar-refractivity contribution in [3.05, 3.63) is 0 Å². The first-order valence-electron chi connectivity index (χ1n) is 5.72. The maximum atomic E-state index is 11.9. The third kappa shape index (κ3) is 3.43. The Morgan fingerprint density at radius 3 is 2.56 bits per heavy atom. The molecular weight excluding hydrogens is 240 g/mol. The molecule has 102 valence electrons. The van der Waals surface area contributed by atoms with Crippen LogP contribution >= 0.6 is 0 Å². The minimum absolute atomic E-state index is 0.206. The number of amides is 2. The second-order valence-electron chi connectivity index (χ2n) is 5.12. The van der Waals surface area contributed by atoms with Crippen LogP contribution in [0.15, 0.2) is 0 Å². The van der Waals surface area contributed by atoms with Crippen molar-refractivity contribution in [1.29, 1.82) is 0 Å². The fourth-order valence-corrected chi connectivity index (χ4v) is 1.73. The fourth-order valence-electron chi connectivity index (χ4n) is 1.73. The monoisotopic (exact) mass is 258 g/mol. The molecule has 0 bridgehead atoms. The number of rotatable bonds is 1. The molecule has 0 aromatic heterocycles. The maximum absolute atomic E-state index is 11.9. The molecule has 1 rings (SSSR count). The average molecular weight is 258 g/mol. The van der Waals surface area contributed by atoms with Gasteiger partial charge in [-0.15, -0.1) is 0 Å². The van der Waals surface area contributed by atoms with Crippen LogP contribution in [0.4, 0.5) is 4.79 Å². The highest BCUT2D eigenvalue weighted by molar-refractivity contribution is 6.07. The van der Waals surface area contributed by atoms with E-state index in [9.17, 15) is 14.4 Å². The molecule has 0 spiro atoms. The largest absolute Gasteiger partial charge is 0.444 e. The SMILES string of the molecule is CC(C)(C)OC(=O)N1CCCC(=O)C1C(=O)NO. The molecule has 7 nitrogen and oxygen atoms in total. The first-order valence-corrected chi connectivity index (χ1v) is 5.72. The van der Waals surface area contributed by atoms with Crippen LogP contribution in [0.5, 0.6) is 0 Å². The van der Waals surface area contributed by atoms with E-state index in [4.69, 9.17) is 9.94 Å². The summed E-state index contributed by atoms with van der Waals surface area (Å²) in [6, 6.07) is -1.31. The molecule has 7 heteroatoms. The van der Waals surface area contributed by atoms with Gasteiger partial charge in [-0.25, -0.2) is 10.3 Å².